The summed E-state index contributed by atoms with van der Waals surface area (Å²) < 4.78 is 0. The molecule has 0 aliphatic heterocycles. The summed E-state index contributed by atoms with van der Waals surface area (Å²) in [5, 5.41) is 5.53. The number of nitrogens with one attached hydrogen (secondary N) is 2. The molecule has 0 saturated heterocycles. The van der Waals surface area contributed by atoms with Crippen LogP contribution in [0.15, 0.2) is 18.3 Å². The Hall–Kier alpha value is -2.83. The quantitative estimate of drug-likeness (QED) is 0.864. The van der Waals surface area contributed by atoms with Gasteiger partial charge in [0.1, 0.15) is 5.82 Å². The molecule has 126 valence electrons. The van der Waals surface area contributed by atoms with Crippen molar-refractivity contribution >= 4 is 11.8 Å². The molecule has 0 unspecified atom stereocenters. The van der Waals surface area contributed by atoms with Gasteiger partial charge in [-0.15, -0.1) is 0 Å². The monoisotopic (exact) mass is 327 g/mol. The molecular weight excluding hydrogens is 306 g/mol. The van der Waals surface area contributed by atoms with Crippen LogP contribution in [0.3, 0.4) is 0 Å². The SMILES string of the molecule is CC(=O)NCc1cc(C(=O)NCc2c(C)nc(C)nc2C)ccn1. The third-order valence-corrected chi connectivity index (χ3v) is 3.56. The Morgan fingerprint density at radius 2 is 1.71 bits per heavy atom. The predicted octanol–water partition coefficient (Wildman–Crippen LogP) is 1.36. The van der Waals surface area contributed by atoms with Crippen LogP contribution in [0.25, 0.3) is 0 Å². The molecule has 0 aromatic carbocycles. The number of carbonyl (C=O) groups excluding carboxylic acids is 2. The Morgan fingerprint density at radius 1 is 1.04 bits per heavy atom. The predicted molar refractivity (Wildman–Crippen MR) is 89.2 cm³/mol. The Bertz CT molecular complexity index is 750. The molecule has 0 atom stereocenters. The highest BCUT2D eigenvalue weighted by molar-refractivity contribution is 5.94. The minimum atomic E-state index is -0.208. The van der Waals surface area contributed by atoms with Gasteiger partial charge < -0.3 is 10.6 Å². The highest BCUT2D eigenvalue weighted by Crippen LogP contribution is 2.10. The zero-order valence-corrected chi connectivity index (χ0v) is 14.3. The fourth-order valence-electron chi connectivity index (χ4n) is 2.36. The van der Waals surface area contributed by atoms with Crippen LogP contribution in [-0.4, -0.2) is 26.8 Å². The van der Waals surface area contributed by atoms with Crippen LogP contribution in [0, 0.1) is 20.8 Å². The number of hydrogen-bond acceptors (Lipinski definition) is 5. The van der Waals surface area contributed by atoms with Crippen molar-refractivity contribution in [3.63, 3.8) is 0 Å². The third kappa shape index (κ3) is 4.58. The Labute approximate surface area is 140 Å². The van der Waals surface area contributed by atoms with E-state index < -0.39 is 0 Å². The number of carbonyl (C=O) groups is 2. The molecule has 0 spiro atoms. The van der Waals surface area contributed by atoms with Crippen LogP contribution < -0.4 is 10.6 Å². The van der Waals surface area contributed by atoms with Gasteiger partial charge in [0.2, 0.25) is 5.91 Å². The first kappa shape index (κ1) is 17.5. The van der Waals surface area contributed by atoms with E-state index in [1.54, 1.807) is 18.3 Å². The molecule has 0 bridgehead atoms. The normalized spacial score (nSPS) is 10.3. The second kappa shape index (κ2) is 7.63. The molecule has 2 heterocycles. The van der Waals surface area contributed by atoms with Crippen molar-refractivity contribution in [2.75, 3.05) is 0 Å². The minimum Gasteiger partial charge on any atom is -0.351 e. The number of aromatic nitrogens is 3. The molecule has 7 nitrogen and oxygen atoms in total. The van der Waals surface area contributed by atoms with Gasteiger partial charge in [-0.2, -0.15) is 0 Å². The number of nitrogens with zero attached hydrogens (tertiary/aromatic N) is 3. The van der Waals surface area contributed by atoms with Crippen molar-refractivity contribution in [2.24, 2.45) is 0 Å². The first-order valence-corrected chi connectivity index (χ1v) is 7.65. The summed E-state index contributed by atoms with van der Waals surface area (Å²) in [4.78, 5) is 36.1. The standard InChI is InChI=1S/C17H21N5O2/c1-10-16(11(2)22-12(3)21-10)9-20-17(24)14-5-6-18-15(7-14)8-19-13(4)23/h5-7H,8-9H2,1-4H3,(H,19,23)(H,20,24). The average molecular weight is 327 g/mol. The first-order valence-electron chi connectivity index (χ1n) is 7.65. The van der Waals surface area contributed by atoms with Gasteiger partial charge in [-0.25, -0.2) is 9.97 Å². The van der Waals surface area contributed by atoms with Gasteiger partial charge in [-0.3, -0.25) is 14.6 Å². The maximum atomic E-state index is 12.3. The van der Waals surface area contributed by atoms with Crippen LogP contribution in [0.2, 0.25) is 0 Å². The lowest BCUT2D eigenvalue weighted by atomic mass is 10.1. The summed E-state index contributed by atoms with van der Waals surface area (Å²) in [7, 11) is 0. The van der Waals surface area contributed by atoms with Gasteiger partial charge in [0.05, 0.1) is 12.2 Å². The minimum absolute atomic E-state index is 0.142. The molecule has 0 aliphatic carbocycles. The van der Waals surface area contributed by atoms with Crippen molar-refractivity contribution in [1.82, 2.24) is 25.6 Å². The van der Waals surface area contributed by atoms with Crippen molar-refractivity contribution in [3.8, 4) is 0 Å². The van der Waals surface area contributed by atoms with Crippen LogP contribution in [0.5, 0.6) is 0 Å². The van der Waals surface area contributed by atoms with E-state index in [1.807, 2.05) is 20.8 Å². The molecule has 0 aliphatic rings. The van der Waals surface area contributed by atoms with Crippen molar-refractivity contribution < 1.29 is 9.59 Å². The van der Waals surface area contributed by atoms with E-state index in [1.165, 1.54) is 6.92 Å². The summed E-state index contributed by atoms with van der Waals surface area (Å²) in [6, 6.07) is 3.30. The van der Waals surface area contributed by atoms with E-state index >= 15 is 0 Å². The Balaban J connectivity index is 2.05. The van der Waals surface area contributed by atoms with E-state index in [-0.39, 0.29) is 11.8 Å². The maximum Gasteiger partial charge on any atom is 0.251 e. The number of aryl methyl sites for hydroxylation is 3. The zero-order chi connectivity index (χ0) is 17.7. The van der Waals surface area contributed by atoms with E-state index in [2.05, 4.69) is 25.6 Å². The molecular formula is C17H21N5O2. The molecule has 0 saturated carbocycles. The third-order valence-electron chi connectivity index (χ3n) is 3.56. The molecule has 2 amide bonds. The highest BCUT2D eigenvalue weighted by Gasteiger charge is 2.11. The van der Waals surface area contributed by atoms with Crippen molar-refractivity contribution in [2.45, 2.75) is 40.8 Å². The molecule has 0 radical (unpaired) electrons. The fourth-order valence-corrected chi connectivity index (χ4v) is 2.36. The second-order valence-electron chi connectivity index (χ2n) is 5.55. The lowest BCUT2D eigenvalue weighted by Crippen LogP contribution is -2.25. The van der Waals surface area contributed by atoms with E-state index in [4.69, 9.17) is 0 Å². The van der Waals surface area contributed by atoms with Crippen molar-refractivity contribution in [3.05, 3.63) is 52.4 Å². The molecule has 2 N–H and O–H groups in total. The number of rotatable bonds is 5. The van der Waals surface area contributed by atoms with Crippen molar-refractivity contribution in [1.29, 1.82) is 0 Å². The van der Waals surface area contributed by atoms with Gasteiger partial charge in [-0.1, -0.05) is 0 Å². The van der Waals surface area contributed by atoms with Crippen LogP contribution in [-0.2, 0) is 17.9 Å². The molecule has 7 heteroatoms. The summed E-state index contributed by atoms with van der Waals surface area (Å²) in [5.74, 6) is 0.370. The average Bonchev–Trinajstić information content (AvgIpc) is 2.52. The lowest BCUT2D eigenvalue weighted by molar-refractivity contribution is -0.119. The molecule has 2 aromatic rings. The topological polar surface area (TPSA) is 96.9 Å². The number of pyridine rings is 1. The van der Waals surface area contributed by atoms with E-state index in [0.717, 1.165) is 22.8 Å². The summed E-state index contributed by atoms with van der Waals surface area (Å²) in [6.45, 7) is 7.74. The maximum absolute atomic E-state index is 12.3. The number of hydrogen-bond donors (Lipinski definition) is 2. The van der Waals surface area contributed by atoms with Gasteiger partial charge in [-0.05, 0) is 32.9 Å². The first-order chi connectivity index (χ1) is 11.4. The zero-order valence-electron chi connectivity index (χ0n) is 14.3. The summed E-state index contributed by atoms with van der Waals surface area (Å²) in [6.07, 6.45) is 1.55. The highest BCUT2D eigenvalue weighted by atomic mass is 16.2. The number of amides is 2. The Morgan fingerprint density at radius 3 is 2.33 bits per heavy atom. The van der Waals surface area contributed by atoms with Crippen LogP contribution in [0.1, 0.15) is 45.8 Å². The van der Waals surface area contributed by atoms with Crippen LogP contribution >= 0.6 is 0 Å². The molecule has 2 rings (SSSR count). The smallest absolute Gasteiger partial charge is 0.251 e. The summed E-state index contributed by atoms with van der Waals surface area (Å²) >= 11 is 0. The van der Waals surface area contributed by atoms with E-state index in [0.29, 0.717) is 24.3 Å². The van der Waals surface area contributed by atoms with Crippen LogP contribution in [0.4, 0.5) is 0 Å². The molecule has 0 fully saturated rings. The largest absolute Gasteiger partial charge is 0.351 e. The van der Waals surface area contributed by atoms with Gasteiger partial charge in [0.15, 0.2) is 0 Å². The van der Waals surface area contributed by atoms with E-state index in [9.17, 15) is 9.59 Å². The van der Waals surface area contributed by atoms with Gasteiger partial charge in [0.25, 0.3) is 5.91 Å². The molecule has 2 aromatic heterocycles. The Kier molecular flexibility index (Phi) is 5.57. The fraction of sp³-hybridized carbons (Fsp3) is 0.353. The second-order valence-corrected chi connectivity index (χ2v) is 5.55. The van der Waals surface area contributed by atoms with Gasteiger partial charge in [0, 0.05) is 42.2 Å². The lowest BCUT2D eigenvalue weighted by Gasteiger charge is -2.11. The summed E-state index contributed by atoms with van der Waals surface area (Å²) in [5.41, 5.74) is 3.77. The van der Waals surface area contributed by atoms with Gasteiger partial charge >= 0.3 is 0 Å². The molecule has 24 heavy (non-hydrogen) atoms.